The molecule has 1 atom stereocenters. The normalized spacial score (nSPS) is 15.4. The molecule has 0 fully saturated rings. The molecule has 6 nitrogen and oxygen atoms in total. The number of rotatable bonds is 5. The van der Waals surface area contributed by atoms with Gasteiger partial charge in [-0.15, -0.1) is 0 Å². The predicted molar refractivity (Wildman–Crippen MR) is 120 cm³/mol. The Bertz CT molecular complexity index is 1210. The summed E-state index contributed by atoms with van der Waals surface area (Å²) in [6, 6.07) is 7.92. The van der Waals surface area contributed by atoms with Gasteiger partial charge in [0.1, 0.15) is 23.0 Å². The average Bonchev–Trinajstić information content (AvgIpc) is 3.01. The second-order valence-electron chi connectivity index (χ2n) is 8.83. The van der Waals surface area contributed by atoms with Crippen LogP contribution in [0.15, 0.2) is 30.3 Å². The van der Waals surface area contributed by atoms with Crippen molar-refractivity contribution in [3.8, 4) is 5.75 Å². The number of fused-ring (bicyclic) bond motifs is 3. The molecule has 32 heavy (non-hydrogen) atoms. The van der Waals surface area contributed by atoms with Crippen LogP contribution in [0.2, 0.25) is 0 Å². The standard InChI is InChI=1S/C24H26F2N4O2/c1-12(15-8-16(22(25)26)10-17(9-15)30-14(3)31)27-23-18-6-7-20-19(11-24(4,5)32-20)21(18)28-13(2)29-23/h6-10,12,22H,11H2,1-5H3,(H,30,31)(H,27,28,29). The van der Waals surface area contributed by atoms with Crippen molar-refractivity contribution in [2.75, 3.05) is 10.6 Å². The first kappa shape index (κ1) is 21.9. The largest absolute Gasteiger partial charge is 0.487 e. The molecule has 2 aromatic carbocycles. The van der Waals surface area contributed by atoms with E-state index in [0.29, 0.717) is 22.9 Å². The van der Waals surface area contributed by atoms with Crippen LogP contribution in [-0.2, 0) is 11.2 Å². The van der Waals surface area contributed by atoms with Gasteiger partial charge in [0, 0.05) is 35.5 Å². The van der Waals surface area contributed by atoms with Gasteiger partial charge in [-0.05, 0) is 63.6 Å². The Labute approximate surface area is 185 Å². The molecule has 1 aliphatic rings. The van der Waals surface area contributed by atoms with Crippen molar-refractivity contribution >= 4 is 28.3 Å². The SMILES string of the molecule is CC(=O)Nc1cc(C(F)F)cc(C(C)Nc2nc(C)nc3c4c(ccc23)OC(C)(C)C4)c1. The highest BCUT2D eigenvalue weighted by Gasteiger charge is 2.32. The number of ether oxygens (including phenoxy) is 1. The number of hydrogen-bond acceptors (Lipinski definition) is 5. The summed E-state index contributed by atoms with van der Waals surface area (Å²) in [4.78, 5) is 20.7. The Kier molecular flexibility index (Phi) is 5.48. The molecule has 0 spiro atoms. The summed E-state index contributed by atoms with van der Waals surface area (Å²) >= 11 is 0. The number of aryl methyl sites for hydroxylation is 1. The van der Waals surface area contributed by atoms with Crippen molar-refractivity contribution < 1.29 is 18.3 Å². The van der Waals surface area contributed by atoms with E-state index in [4.69, 9.17) is 4.74 Å². The van der Waals surface area contributed by atoms with Crippen LogP contribution in [0.4, 0.5) is 20.3 Å². The van der Waals surface area contributed by atoms with Gasteiger partial charge < -0.3 is 15.4 Å². The lowest BCUT2D eigenvalue weighted by Gasteiger charge is -2.19. The fourth-order valence-electron chi connectivity index (χ4n) is 4.10. The van der Waals surface area contributed by atoms with Gasteiger partial charge in [-0.3, -0.25) is 4.79 Å². The molecular weight excluding hydrogens is 414 g/mol. The van der Waals surface area contributed by atoms with Crippen LogP contribution in [0.25, 0.3) is 10.9 Å². The first-order valence-corrected chi connectivity index (χ1v) is 10.5. The fraction of sp³-hybridized carbons (Fsp3) is 0.375. The summed E-state index contributed by atoms with van der Waals surface area (Å²) in [6.45, 7) is 9.11. The average molecular weight is 440 g/mol. The number of hydrogen-bond donors (Lipinski definition) is 2. The molecule has 8 heteroatoms. The summed E-state index contributed by atoms with van der Waals surface area (Å²) in [5.74, 6) is 1.73. The minimum absolute atomic E-state index is 0.152. The van der Waals surface area contributed by atoms with E-state index in [1.54, 1.807) is 6.07 Å². The molecule has 2 heterocycles. The third-order valence-electron chi connectivity index (χ3n) is 5.43. The highest BCUT2D eigenvalue weighted by Crippen LogP contribution is 2.40. The zero-order valence-electron chi connectivity index (χ0n) is 18.7. The van der Waals surface area contributed by atoms with Crippen LogP contribution in [0.5, 0.6) is 5.75 Å². The molecule has 1 unspecified atom stereocenters. The number of aromatic nitrogens is 2. The van der Waals surface area contributed by atoms with Gasteiger partial charge in [0.05, 0.1) is 11.6 Å². The smallest absolute Gasteiger partial charge is 0.263 e. The van der Waals surface area contributed by atoms with E-state index in [0.717, 1.165) is 28.6 Å². The van der Waals surface area contributed by atoms with Gasteiger partial charge in [0.15, 0.2) is 0 Å². The molecule has 3 aromatic rings. The number of benzene rings is 2. The third-order valence-corrected chi connectivity index (χ3v) is 5.43. The zero-order chi connectivity index (χ0) is 23.2. The molecule has 0 saturated heterocycles. The molecule has 4 rings (SSSR count). The lowest BCUT2D eigenvalue weighted by Crippen LogP contribution is -2.24. The van der Waals surface area contributed by atoms with E-state index in [-0.39, 0.29) is 23.1 Å². The van der Waals surface area contributed by atoms with Crippen LogP contribution in [0.1, 0.15) is 62.7 Å². The molecule has 1 amide bonds. The van der Waals surface area contributed by atoms with Crippen LogP contribution < -0.4 is 15.4 Å². The van der Waals surface area contributed by atoms with Gasteiger partial charge in [0.25, 0.3) is 6.43 Å². The van der Waals surface area contributed by atoms with Crippen molar-refractivity contribution in [1.82, 2.24) is 9.97 Å². The van der Waals surface area contributed by atoms with Gasteiger partial charge in [-0.2, -0.15) is 0 Å². The highest BCUT2D eigenvalue weighted by molar-refractivity contribution is 5.93. The number of carbonyl (C=O) groups excluding carboxylic acids is 1. The monoisotopic (exact) mass is 440 g/mol. The molecule has 0 aliphatic carbocycles. The molecule has 1 aliphatic heterocycles. The Morgan fingerprint density at radius 2 is 1.88 bits per heavy atom. The summed E-state index contributed by atoms with van der Waals surface area (Å²) in [5, 5.41) is 6.79. The molecule has 0 saturated carbocycles. The molecule has 0 radical (unpaired) electrons. The Morgan fingerprint density at radius 1 is 1.16 bits per heavy atom. The third kappa shape index (κ3) is 4.35. The van der Waals surface area contributed by atoms with Gasteiger partial charge in [-0.25, -0.2) is 18.7 Å². The van der Waals surface area contributed by atoms with Gasteiger partial charge in [-0.1, -0.05) is 0 Å². The summed E-state index contributed by atoms with van der Waals surface area (Å²) in [5.41, 5.74) is 2.37. The van der Waals surface area contributed by atoms with Crippen LogP contribution in [0.3, 0.4) is 0 Å². The maximum atomic E-state index is 13.4. The maximum absolute atomic E-state index is 13.4. The van der Waals surface area contributed by atoms with Crippen LogP contribution >= 0.6 is 0 Å². The van der Waals surface area contributed by atoms with E-state index in [1.807, 2.05) is 39.8 Å². The molecule has 0 bridgehead atoms. The number of alkyl halides is 2. The Balaban J connectivity index is 1.73. The first-order valence-electron chi connectivity index (χ1n) is 10.5. The lowest BCUT2D eigenvalue weighted by molar-refractivity contribution is -0.114. The summed E-state index contributed by atoms with van der Waals surface area (Å²) in [7, 11) is 0. The molecular formula is C24H26F2N4O2. The number of anilines is 2. The quantitative estimate of drug-likeness (QED) is 0.531. The Hall–Kier alpha value is -3.29. The second-order valence-corrected chi connectivity index (χ2v) is 8.83. The first-order chi connectivity index (χ1) is 15.0. The topological polar surface area (TPSA) is 76.1 Å². The molecule has 1 aromatic heterocycles. The minimum Gasteiger partial charge on any atom is -0.487 e. The fourth-order valence-corrected chi connectivity index (χ4v) is 4.10. The van der Waals surface area contributed by atoms with E-state index < -0.39 is 6.43 Å². The number of nitrogens with one attached hydrogen (secondary N) is 2. The van der Waals surface area contributed by atoms with Crippen molar-refractivity contribution in [3.63, 3.8) is 0 Å². The van der Waals surface area contributed by atoms with Gasteiger partial charge in [0.2, 0.25) is 5.91 Å². The van der Waals surface area contributed by atoms with Crippen molar-refractivity contribution in [3.05, 3.63) is 52.8 Å². The number of nitrogens with zero attached hydrogens (tertiary/aromatic N) is 2. The summed E-state index contributed by atoms with van der Waals surface area (Å²) < 4.78 is 32.9. The van der Waals surface area contributed by atoms with Gasteiger partial charge >= 0.3 is 0 Å². The number of carbonyl (C=O) groups is 1. The van der Waals surface area contributed by atoms with Crippen LogP contribution in [-0.4, -0.2) is 21.5 Å². The summed E-state index contributed by atoms with van der Waals surface area (Å²) in [6.07, 6.45) is -1.91. The van der Waals surface area contributed by atoms with E-state index in [2.05, 4.69) is 20.6 Å². The maximum Gasteiger partial charge on any atom is 0.263 e. The van der Waals surface area contributed by atoms with E-state index >= 15 is 0 Å². The molecule has 168 valence electrons. The number of halogens is 2. The van der Waals surface area contributed by atoms with Crippen molar-refractivity contribution in [2.45, 2.75) is 59.1 Å². The number of amides is 1. The van der Waals surface area contributed by atoms with Crippen molar-refractivity contribution in [1.29, 1.82) is 0 Å². The second kappa shape index (κ2) is 8.00. The molecule has 2 N–H and O–H groups in total. The lowest BCUT2D eigenvalue weighted by atomic mass is 9.99. The predicted octanol–water partition coefficient (Wildman–Crippen LogP) is 5.72. The van der Waals surface area contributed by atoms with Crippen molar-refractivity contribution in [2.24, 2.45) is 0 Å². The zero-order valence-corrected chi connectivity index (χ0v) is 18.7. The Morgan fingerprint density at radius 3 is 2.56 bits per heavy atom. The highest BCUT2D eigenvalue weighted by atomic mass is 19.3. The van der Waals surface area contributed by atoms with E-state index in [1.165, 1.54) is 19.1 Å². The van der Waals surface area contributed by atoms with E-state index in [9.17, 15) is 13.6 Å². The van der Waals surface area contributed by atoms with Crippen LogP contribution in [0, 0.1) is 6.92 Å². The minimum atomic E-state index is -2.65.